The number of amides is 2. The molecule has 0 radical (unpaired) electrons. The zero-order chi connectivity index (χ0) is 33.8. The van der Waals surface area contributed by atoms with E-state index in [2.05, 4.69) is 38.1 Å². The van der Waals surface area contributed by atoms with Crippen LogP contribution < -0.4 is 66.1 Å². The fourth-order valence-electron chi connectivity index (χ4n) is 1.94. The first-order chi connectivity index (χ1) is 19.2. The number of nitroso groups, excluding NO2 is 1. The number of urea groups is 1. The molecule has 0 aliphatic heterocycles. The van der Waals surface area contributed by atoms with E-state index in [-0.39, 0.29) is 30.3 Å². The van der Waals surface area contributed by atoms with Gasteiger partial charge in [-0.2, -0.15) is 4.91 Å². The number of primary amides is 1. The van der Waals surface area contributed by atoms with Crippen molar-refractivity contribution < 1.29 is 68.1 Å². The van der Waals surface area contributed by atoms with Crippen molar-refractivity contribution in [2.75, 3.05) is 19.6 Å². The van der Waals surface area contributed by atoms with Gasteiger partial charge in [0.1, 0.15) is 12.1 Å². The molecule has 3 unspecified atom stereocenters. The van der Waals surface area contributed by atoms with E-state index in [9.17, 15) is 24.6 Å². The minimum Gasteiger partial charge on any atom is -0.544 e. The van der Waals surface area contributed by atoms with Crippen molar-refractivity contribution in [3.63, 3.8) is 0 Å². The van der Waals surface area contributed by atoms with Crippen LogP contribution in [0.25, 0.3) is 0 Å². The first-order valence-corrected chi connectivity index (χ1v) is 11.2. The highest BCUT2D eigenvalue weighted by molar-refractivity contribution is 5.76. The van der Waals surface area contributed by atoms with E-state index in [0.29, 0.717) is 51.7 Å². The number of guanidine groups is 2. The predicted octanol–water partition coefficient (Wildman–Crippen LogP) is -11.7. The lowest BCUT2D eigenvalue weighted by Crippen LogP contribution is -2.78. The van der Waals surface area contributed by atoms with Gasteiger partial charge in [0, 0.05) is 52.2 Å². The monoisotopic (exact) mass is 660 g/mol. The fourth-order valence-corrected chi connectivity index (χ4v) is 1.94. The maximum atomic E-state index is 10.2. The van der Waals surface area contributed by atoms with E-state index in [4.69, 9.17) is 58.0 Å². The molecule has 0 fully saturated rings. The lowest BCUT2D eigenvalue weighted by molar-refractivity contribution is -0.492. The average molecular weight is 661 g/mol. The minimum atomic E-state index is -1.17. The Balaban J connectivity index is -0.0000000533. The van der Waals surface area contributed by atoms with E-state index in [1.165, 1.54) is 0 Å². The van der Waals surface area contributed by atoms with Crippen LogP contribution in [0.4, 0.5) is 4.79 Å². The van der Waals surface area contributed by atoms with Crippen molar-refractivity contribution in [2.45, 2.75) is 64.3 Å². The molecule has 266 valence electrons. The van der Waals surface area contributed by atoms with Crippen LogP contribution in [-0.2, 0) is 9.59 Å². The number of hydrogen-bond acceptors (Lipinski definition) is 14. The molecule has 0 bridgehead atoms. The molecule has 2 amide bonds. The highest BCUT2D eigenvalue weighted by Gasteiger charge is 2.06. The summed E-state index contributed by atoms with van der Waals surface area (Å²) in [5.74, 6) is -2.21. The third kappa shape index (κ3) is 71.0. The molecule has 0 rings (SSSR count). The number of hydrogen-bond donors (Lipinski definition) is 13. The zero-order valence-electron chi connectivity index (χ0n) is 23.5. The Morgan fingerprint density at radius 2 is 1.25 bits per heavy atom. The summed E-state index contributed by atoms with van der Waals surface area (Å²) >= 11 is 0. The summed E-state index contributed by atoms with van der Waals surface area (Å²) in [6, 6.07) is -2.05. The topological polar surface area (TPSA) is 547 Å². The number of nitrogens with one attached hydrogen (secondary N) is 4. The van der Waals surface area contributed by atoms with Crippen LogP contribution in [0.15, 0.2) is 4.99 Å². The van der Waals surface area contributed by atoms with Gasteiger partial charge in [0.25, 0.3) is 0 Å². The number of rotatable bonds is 14. The van der Waals surface area contributed by atoms with Crippen LogP contribution in [-0.4, -0.2) is 89.1 Å². The number of hydroxylamine groups is 1. The smallest absolute Gasteiger partial charge is 0.338 e. The van der Waals surface area contributed by atoms with Crippen LogP contribution in [0.1, 0.15) is 46.0 Å². The van der Waals surface area contributed by atoms with Gasteiger partial charge < -0.3 is 69.8 Å². The largest absolute Gasteiger partial charge is 0.544 e. The molecule has 26 heteroatoms. The Hall–Kier alpha value is -4.73. The number of nitrogens with zero attached hydrogens (tertiary/aromatic N) is 1. The highest BCUT2D eigenvalue weighted by Crippen LogP contribution is 1.92. The third-order valence-electron chi connectivity index (χ3n) is 3.85. The number of aliphatic hydroxyl groups excluding tert-OH is 1. The predicted molar refractivity (Wildman–Crippen MR) is 152 cm³/mol. The van der Waals surface area contributed by atoms with Gasteiger partial charge in [-0.05, 0) is 19.3 Å². The number of carboxylic acids is 2. The number of aliphatic imine (C=N–C) groups is 1. The number of carbonyl (C=O) groups is 3. The van der Waals surface area contributed by atoms with Crippen molar-refractivity contribution in [3.05, 3.63) is 24.8 Å². The number of quaternary nitrogens is 3. The van der Waals surface area contributed by atoms with Gasteiger partial charge in [-0.25, -0.2) is 10.3 Å². The number of aliphatic hydroxyl groups is 1. The van der Waals surface area contributed by atoms with E-state index in [1.54, 1.807) is 5.48 Å². The second kappa shape index (κ2) is 51.0. The summed E-state index contributed by atoms with van der Waals surface area (Å²) in [6.07, 6.45) is 2.83. The molecular weight excluding hydrogens is 608 g/mol. The Bertz CT molecular complexity index is 699. The van der Waals surface area contributed by atoms with Crippen molar-refractivity contribution >= 4 is 29.9 Å². The third-order valence-corrected chi connectivity index (χ3v) is 3.85. The molecule has 0 heterocycles. The van der Waals surface area contributed by atoms with Crippen molar-refractivity contribution in [1.29, 1.82) is 5.59 Å². The maximum absolute atomic E-state index is 10.2. The van der Waals surface area contributed by atoms with Crippen molar-refractivity contribution in [2.24, 2.45) is 27.9 Å². The first-order valence-electron chi connectivity index (χ1n) is 11.2. The Morgan fingerprint density at radius 1 is 0.841 bits per heavy atom. The molecule has 0 saturated heterocycles. The van der Waals surface area contributed by atoms with E-state index >= 15 is 0 Å². The molecule has 44 heavy (non-hydrogen) atoms. The second-order valence-electron chi connectivity index (χ2n) is 7.16. The Kier molecular flexibility index (Phi) is 72.8. The highest BCUT2D eigenvalue weighted by atomic mass is 16.7. The van der Waals surface area contributed by atoms with Crippen LogP contribution in [0.2, 0.25) is 0 Å². The van der Waals surface area contributed by atoms with Crippen LogP contribution in [0.3, 0.4) is 0 Å². The van der Waals surface area contributed by atoms with Gasteiger partial charge in [0.05, 0.1) is 18.5 Å². The summed E-state index contributed by atoms with van der Waals surface area (Å²) in [5.41, 5.74) is 36.4. The van der Waals surface area contributed by atoms with Gasteiger partial charge in [-0.3, -0.25) is 26.7 Å². The molecule has 26 nitrogen and oxygen atoms in total. The number of nitrogens with two attached hydrogens (primary N) is 4. The van der Waals surface area contributed by atoms with Crippen LogP contribution >= 0.6 is 0 Å². The fraction of sp³-hybridized carbons (Fsp3) is 0.722. The summed E-state index contributed by atoms with van der Waals surface area (Å²) in [6.45, 7) is 1.40. The second-order valence-corrected chi connectivity index (χ2v) is 7.16. The van der Waals surface area contributed by atoms with E-state index in [1.807, 2.05) is 0 Å². The lowest BCUT2D eigenvalue weighted by atomic mass is 10.2. The lowest BCUT2D eigenvalue weighted by Gasteiger charge is -2.08. The number of carbonyl (C=O) groups excluding carboxylic acids is 3. The van der Waals surface area contributed by atoms with Crippen LogP contribution in [0.5, 0.6) is 0 Å². The van der Waals surface area contributed by atoms with Gasteiger partial charge in [-0.1, -0.05) is 13.0 Å². The normalized spacial score (nSPS) is 10.5. The summed E-state index contributed by atoms with van der Waals surface area (Å²) in [4.78, 5) is 72.4. The first kappa shape index (κ1) is 62.8. The number of aliphatic carboxylic acids is 2. The standard InChI is InChI=1S/C6H14N4O3.C6H13N3O3.C5H14N4O.CH4.HNO.2O2.2H2O/c7-4(5(11)12)2-1-3-9-6(8)10-13;7-4(5(10)11)2-1-3-9-6(8)12;6-4(10)2-1-3-9-5(7)8;;3*1-2;;/h4,13H,1-3,7H2,(H,11,12)(H3,8,9,10);4H,1-3,7H2,(H,10,11)(H3,8,9,12);4,10H,1-3,6H2,(H4,7,8,9);1H4;1H;;;2*1H2/p+2. The molecule has 0 saturated carbocycles. The SMILES string of the molecule is C.N=O.NC(=NCCCC([NH3+])C(=O)[O-])NO.NC(=O)NCCCC([NH3+])C(=O)[O-].NC(N)=[NH+]CCCC([NH3+])O.O.O.O=O.O=O. The number of carboxylic acid groups (broad SMARTS) is 2. The molecule has 0 aromatic carbocycles. The molecular formula is C18H52N12O14+2. The van der Waals surface area contributed by atoms with Crippen LogP contribution in [0, 0.1) is 30.4 Å². The molecule has 0 aliphatic carbocycles. The van der Waals surface area contributed by atoms with Crippen molar-refractivity contribution in [1.82, 2.24) is 10.8 Å². The van der Waals surface area contributed by atoms with Gasteiger partial charge >= 0.3 is 12.0 Å². The van der Waals surface area contributed by atoms with Gasteiger partial charge in [-0.15, -0.1) is 0 Å². The van der Waals surface area contributed by atoms with Gasteiger partial charge in [0.2, 0.25) is 5.96 Å². The minimum absolute atomic E-state index is 0. The van der Waals surface area contributed by atoms with Crippen molar-refractivity contribution in [3.8, 4) is 0 Å². The maximum Gasteiger partial charge on any atom is 0.338 e. The molecule has 0 aromatic heterocycles. The quantitative estimate of drug-likeness (QED) is 0.0205. The summed E-state index contributed by atoms with van der Waals surface area (Å²) in [7, 11) is 0. The Labute approximate surface area is 251 Å². The Morgan fingerprint density at radius 3 is 1.57 bits per heavy atom. The van der Waals surface area contributed by atoms with E-state index < -0.39 is 36.3 Å². The van der Waals surface area contributed by atoms with E-state index in [0.717, 1.165) is 6.42 Å². The van der Waals surface area contributed by atoms with Gasteiger partial charge in [0.15, 0.2) is 6.23 Å². The average Bonchev–Trinajstić information content (AvgIpc) is 2.94. The zero-order valence-corrected chi connectivity index (χ0v) is 23.5. The molecule has 0 spiro atoms. The summed E-state index contributed by atoms with van der Waals surface area (Å²) in [5, 5.41) is 39.6. The molecule has 3 atom stereocenters. The summed E-state index contributed by atoms with van der Waals surface area (Å²) < 4.78 is 0. The molecule has 27 N–H and O–H groups in total. The molecule has 0 aliphatic rings. The molecule has 0 aromatic rings.